The topological polar surface area (TPSA) is 93.8 Å². The van der Waals surface area contributed by atoms with Crippen molar-refractivity contribution in [1.29, 1.82) is 0 Å². The van der Waals surface area contributed by atoms with E-state index in [0.29, 0.717) is 22.7 Å². The SMILES string of the molecule is CCCCn1c(SCC(N)=O)nc2cc(C)[nH]c2c1=O. The lowest BCUT2D eigenvalue weighted by molar-refractivity contribution is -0.115. The van der Waals surface area contributed by atoms with E-state index in [9.17, 15) is 9.59 Å². The van der Waals surface area contributed by atoms with Crippen molar-refractivity contribution < 1.29 is 4.79 Å². The van der Waals surface area contributed by atoms with E-state index in [1.54, 1.807) is 4.57 Å². The van der Waals surface area contributed by atoms with Gasteiger partial charge in [-0.1, -0.05) is 25.1 Å². The number of rotatable bonds is 6. The Kier molecular flexibility index (Phi) is 4.49. The molecule has 0 aliphatic carbocycles. The number of primary amides is 1. The first-order chi connectivity index (χ1) is 9.52. The third-order valence-corrected chi connectivity index (χ3v) is 3.92. The van der Waals surface area contributed by atoms with E-state index in [-0.39, 0.29) is 11.3 Å². The maximum Gasteiger partial charge on any atom is 0.278 e. The van der Waals surface area contributed by atoms with Crippen LogP contribution in [0.4, 0.5) is 0 Å². The molecule has 0 fully saturated rings. The first kappa shape index (κ1) is 14.6. The minimum atomic E-state index is -0.420. The number of amides is 1. The normalized spacial score (nSPS) is 11.1. The van der Waals surface area contributed by atoms with Crippen LogP contribution in [-0.4, -0.2) is 26.2 Å². The van der Waals surface area contributed by atoms with E-state index in [4.69, 9.17) is 5.73 Å². The second-order valence-corrected chi connectivity index (χ2v) is 5.61. The Morgan fingerprint density at radius 2 is 2.30 bits per heavy atom. The van der Waals surface area contributed by atoms with Crippen LogP contribution in [0.5, 0.6) is 0 Å². The molecule has 108 valence electrons. The van der Waals surface area contributed by atoms with E-state index in [0.717, 1.165) is 18.5 Å². The number of fused-ring (bicyclic) bond motifs is 1. The van der Waals surface area contributed by atoms with Crippen molar-refractivity contribution in [2.75, 3.05) is 5.75 Å². The summed E-state index contributed by atoms with van der Waals surface area (Å²) in [4.78, 5) is 30.9. The van der Waals surface area contributed by atoms with Gasteiger partial charge in [0.25, 0.3) is 5.56 Å². The molecule has 0 unspecified atom stereocenters. The smallest absolute Gasteiger partial charge is 0.278 e. The molecule has 6 nitrogen and oxygen atoms in total. The van der Waals surface area contributed by atoms with Crippen LogP contribution in [0.15, 0.2) is 16.0 Å². The number of hydrogen-bond acceptors (Lipinski definition) is 4. The quantitative estimate of drug-likeness (QED) is 0.622. The summed E-state index contributed by atoms with van der Waals surface area (Å²) in [6.07, 6.45) is 1.87. The molecule has 0 radical (unpaired) electrons. The summed E-state index contributed by atoms with van der Waals surface area (Å²) in [6, 6.07) is 1.83. The van der Waals surface area contributed by atoms with Crippen molar-refractivity contribution in [1.82, 2.24) is 14.5 Å². The van der Waals surface area contributed by atoms with E-state index in [2.05, 4.69) is 16.9 Å². The Hall–Kier alpha value is -1.76. The summed E-state index contributed by atoms with van der Waals surface area (Å²) in [6.45, 7) is 4.54. The molecular weight excluding hydrogens is 276 g/mol. The molecule has 20 heavy (non-hydrogen) atoms. The average molecular weight is 294 g/mol. The maximum atomic E-state index is 12.5. The van der Waals surface area contributed by atoms with Crippen molar-refractivity contribution in [3.8, 4) is 0 Å². The number of aromatic nitrogens is 3. The maximum absolute atomic E-state index is 12.5. The molecular formula is C13H18N4O2S. The third-order valence-electron chi connectivity index (χ3n) is 2.92. The van der Waals surface area contributed by atoms with Crippen molar-refractivity contribution in [2.45, 2.75) is 38.4 Å². The van der Waals surface area contributed by atoms with E-state index in [1.165, 1.54) is 11.8 Å². The van der Waals surface area contributed by atoms with Gasteiger partial charge in [0, 0.05) is 12.2 Å². The van der Waals surface area contributed by atoms with Gasteiger partial charge in [-0.05, 0) is 19.4 Å². The zero-order chi connectivity index (χ0) is 14.7. The number of nitrogens with two attached hydrogens (primary N) is 1. The van der Waals surface area contributed by atoms with Crippen molar-refractivity contribution in [3.05, 3.63) is 22.1 Å². The number of thioether (sulfide) groups is 1. The van der Waals surface area contributed by atoms with Gasteiger partial charge >= 0.3 is 0 Å². The van der Waals surface area contributed by atoms with Crippen molar-refractivity contribution in [3.63, 3.8) is 0 Å². The predicted octanol–water partition coefficient (Wildman–Crippen LogP) is 1.41. The number of hydrogen-bond donors (Lipinski definition) is 2. The molecule has 0 saturated heterocycles. The lowest BCUT2D eigenvalue weighted by Crippen LogP contribution is -2.24. The fraction of sp³-hybridized carbons (Fsp3) is 0.462. The zero-order valence-corrected chi connectivity index (χ0v) is 12.4. The van der Waals surface area contributed by atoms with E-state index in [1.807, 2.05) is 13.0 Å². The molecule has 7 heteroatoms. The van der Waals surface area contributed by atoms with Crippen LogP contribution in [0.2, 0.25) is 0 Å². The summed E-state index contributed by atoms with van der Waals surface area (Å²) >= 11 is 1.21. The fourth-order valence-corrected chi connectivity index (χ4v) is 2.73. The molecule has 0 saturated carbocycles. The van der Waals surface area contributed by atoms with E-state index < -0.39 is 5.91 Å². The second-order valence-electron chi connectivity index (χ2n) is 4.67. The minimum Gasteiger partial charge on any atom is -0.369 e. The molecule has 0 atom stereocenters. The van der Waals surface area contributed by atoms with Crippen molar-refractivity contribution in [2.24, 2.45) is 5.73 Å². The first-order valence-electron chi connectivity index (χ1n) is 6.54. The van der Waals surface area contributed by atoms with Gasteiger partial charge in [-0.2, -0.15) is 0 Å². The summed E-state index contributed by atoms with van der Waals surface area (Å²) in [7, 11) is 0. The summed E-state index contributed by atoms with van der Waals surface area (Å²) < 4.78 is 1.62. The first-order valence-corrected chi connectivity index (χ1v) is 7.52. The van der Waals surface area contributed by atoms with Crippen LogP contribution in [0, 0.1) is 6.92 Å². The lowest BCUT2D eigenvalue weighted by atomic mass is 10.3. The number of unbranched alkanes of at least 4 members (excludes halogenated alkanes) is 1. The fourth-order valence-electron chi connectivity index (χ4n) is 1.97. The van der Waals surface area contributed by atoms with Crippen LogP contribution in [0.3, 0.4) is 0 Å². The highest BCUT2D eigenvalue weighted by atomic mass is 32.2. The predicted molar refractivity (Wildman–Crippen MR) is 79.9 cm³/mol. The average Bonchev–Trinajstić information content (AvgIpc) is 2.76. The van der Waals surface area contributed by atoms with Gasteiger partial charge in [0.15, 0.2) is 5.16 Å². The highest BCUT2D eigenvalue weighted by Crippen LogP contribution is 2.18. The third kappa shape index (κ3) is 3.04. The van der Waals surface area contributed by atoms with Gasteiger partial charge in [0.05, 0.1) is 11.3 Å². The van der Waals surface area contributed by atoms with Crippen molar-refractivity contribution >= 4 is 28.7 Å². The summed E-state index contributed by atoms with van der Waals surface area (Å²) in [5, 5.41) is 0.550. The van der Waals surface area contributed by atoms with Crippen LogP contribution in [0.25, 0.3) is 11.0 Å². The number of aryl methyl sites for hydroxylation is 1. The molecule has 2 heterocycles. The number of aromatic amines is 1. The van der Waals surface area contributed by atoms with Gasteiger partial charge in [-0.25, -0.2) is 4.98 Å². The Bertz CT molecular complexity index is 689. The molecule has 2 rings (SSSR count). The van der Waals surface area contributed by atoms with Gasteiger partial charge in [0.1, 0.15) is 5.52 Å². The summed E-state index contributed by atoms with van der Waals surface area (Å²) in [5.41, 5.74) is 7.11. The lowest BCUT2D eigenvalue weighted by Gasteiger charge is -2.10. The molecule has 3 N–H and O–H groups in total. The molecule has 0 aliphatic rings. The van der Waals surface area contributed by atoms with E-state index >= 15 is 0 Å². The molecule has 0 aliphatic heterocycles. The largest absolute Gasteiger partial charge is 0.369 e. The number of nitrogens with one attached hydrogen (secondary N) is 1. The summed E-state index contributed by atoms with van der Waals surface area (Å²) in [5.74, 6) is -0.301. The molecule has 2 aromatic rings. The van der Waals surface area contributed by atoms with Gasteiger partial charge in [0.2, 0.25) is 5.91 Å². The number of H-pyrrole nitrogens is 1. The number of carbonyl (C=O) groups is 1. The Balaban J connectivity index is 2.50. The molecule has 1 amide bonds. The Morgan fingerprint density at radius 3 is 2.95 bits per heavy atom. The number of nitrogens with zero attached hydrogens (tertiary/aromatic N) is 2. The van der Waals surface area contributed by atoms with Crippen LogP contribution < -0.4 is 11.3 Å². The number of carbonyl (C=O) groups excluding carboxylic acids is 1. The van der Waals surface area contributed by atoms with Gasteiger partial charge < -0.3 is 10.7 Å². The zero-order valence-electron chi connectivity index (χ0n) is 11.6. The highest BCUT2D eigenvalue weighted by Gasteiger charge is 2.13. The minimum absolute atomic E-state index is 0.0940. The van der Waals surface area contributed by atoms with Crippen LogP contribution in [0.1, 0.15) is 25.5 Å². The molecule has 0 spiro atoms. The van der Waals surface area contributed by atoms with Crippen LogP contribution in [-0.2, 0) is 11.3 Å². The van der Waals surface area contributed by atoms with Crippen LogP contribution >= 0.6 is 11.8 Å². The molecule has 0 bridgehead atoms. The standard InChI is InChI=1S/C13H18N4O2S/c1-3-4-5-17-12(19)11-9(6-8(2)15-11)16-13(17)20-7-10(14)18/h6,15H,3-5,7H2,1-2H3,(H2,14,18). The second kappa shape index (κ2) is 6.13. The Labute approximate surface area is 120 Å². The Morgan fingerprint density at radius 1 is 1.55 bits per heavy atom. The highest BCUT2D eigenvalue weighted by molar-refractivity contribution is 7.99. The molecule has 2 aromatic heterocycles. The monoisotopic (exact) mass is 294 g/mol. The van der Waals surface area contributed by atoms with Gasteiger partial charge in [-0.15, -0.1) is 0 Å². The molecule has 0 aromatic carbocycles. The van der Waals surface area contributed by atoms with Gasteiger partial charge in [-0.3, -0.25) is 14.2 Å².